The zero-order valence-corrected chi connectivity index (χ0v) is 17.7. The van der Waals surface area contributed by atoms with Crippen LogP contribution in [-0.2, 0) is 19.5 Å². The van der Waals surface area contributed by atoms with Crippen LogP contribution >= 0.6 is 0 Å². The summed E-state index contributed by atoms with van der Waals surface area (Å²) in [5.74, 6) is 0. The minimum atomic E-state index is 0.286. The molecule has 0 amide bonds. The van der Waals surface area contributed by atoms with Crippen LogP contribution in [0.1, 0.15) is 61.7 Å². The molecule has 0 unspecified atom stereocenters. The lowest BCUT2D eigenvalue weighted by atomic mass is 9.87. The average molecular weight is 369 g/mol. The van der Waals surface area contributed by atoms with Crippen LogP contribution in [0.4, 0.5) is 0 Å². The molecule has 2 rings (SSSR count). The van der Waals surface area contributed by atoms with Crippen molar-refractivity contribution in [3.05, 3.63) is 58.7 Å². The maximum Gasteiger partial charge on any atom is 0.0573 e. The highest BCUT2D eigenvalue weighted by molar-refractivity contribution is 5.23. The number of rotatable bonds is 10. The maximum absolute atomic E-state index is 4.58. The van der Waals surface area contributed by atoms with Crippen LogP contribution in [0, 0.1) is 19.3 Å². The van der Waals surface area contributed by atoms with Crippen molar-refractivity contribution >= 4 is 0 Å². The van der Waals surface area contributed by atoms with Gasteiger partial charge in [0.05, 0.1) is 11.4 Å². The Labute approximate surface area is 165 Å². The van der Waals surface area contributed by atoms with E-state index in [2.05, 4.69) is 67.4 Å². The zero-order chi connectivity index (χ0) is 19.7. The molecule has 4 nitrogen and oxygen atoms in total. The summed E-state index contributed by atoms with van der Waals surface area (Å²) < 4.78 is 0. The molecule has 2 N–H and O–H groups in total. The van der Waals surface area contributed by atoms with Gasteiger partial charge in [-0.1, -0.05) is 32.9 Å². The van der Waals surface area contributed by atoms with Gasteiger partial charge in [0.25, 0.3) is 0 Å². The van der Waals surface area contributed by atoms with Crippen LogP contribution in [0.2, 0.25) is 0 Å². The molecule has 2 aromatic heterocycles. The molecule has 0 atom stereocenters. The van der Waals surface area contributed by atoms with E-state index in [4.69, 9.17) is 0 Å². The molecule has 4 heteroatoms. The van der Waals surface area contributed by atoms with Crippen LogP contribution in [0.5, 0.6) is 0 Å². The zero-order valence-electron chi connectivity index (χ0n) is 17.7. The number of pyridine rings is 2. The first kappa shape index (κ1) is 21.5. The molecule has 0 saturated carbocycles. The number of nitrogens with one attached hydrogen (secondary N) is 2. The van der Waals surface area contributed by atoms with Crippen molar-refractivity contribution < 1.29 is 0 Å². The Kier molecular flexibility index (Phi) is 8.39. The fourth-order valence-electron chi connectivity index (χ4n) is 3.21. The van der Waals surface area contributed by atoms with Gasteiger partial charge < -0.3 is 10.6 Å². The fourth-order valence-corrected chi connectivity index (χ4v) is 3.21. The highest BCUT2D eigenvalue weighted by Gasteiger charge is 2.14. The van der Waals surface area contributed by atoms with E-state index in [0.717, 1.165) is 51.1 Å². The smallest absolute Gasteiger partial charge is 0.0573 e. The molecule has 27 heavy (non-hydrogen) atoms. The summed E-state index contributed by atoms with van der Waals surface area (Å²) in [5, 5.41) is 7.05. The summed E-state index contributed by atoms with van der Waals surface area (Å²) >= 11 is 0. The Balaban J connectivity index is 1.61. The Bertz CT molecular complexity index is 704. The van der Waals surface area contributed by atoms with Gasteiger partial charge in [-0.25, -0.2) is 0 Å². The van der Waals surface area contributed by atoms with Gasteiger partial charge in [0.2, 0.25) is 0 Å². The molecule has 2 aromatic rings. The van der Waals surface area contributed by atoms with Crippen molar-refractivity contribution in [2.75, 3.05) is 13.1 Å². The molecule has 0 spiro atoms. The van der Waals surface area contributed by atoms with Crippen molar-refractivity contribution in [2.24, 2.45) is 5.41 Å². The summed E-state index contributed by atoms with van der Waals surface area (Å²) in [7, 11) is 0. The van der Waals surface area contributed by atoms with Gasteiger partial charge >= 0.3 is 0 Å². The van der Waals surface area contributed by atoms with E-state index in [0.29, 0.717) is 0 Å². The standard InChI is InChI=1S/C23H36N4/c1-18-13-19(2)21(27-15-18)16-24-10-6-7-11-25-17-22-20(9-8-12-26-22)14-23(3,4)5/h8-9,12-13,15,24-25H,6-7,10-11,14,16-17H2,1-5H3. The first-order valence-electron chi connectivity index (χ1n) is 10.1. The van der Waals surface area contributed by atoms with Gasteiger partial charge in [-0.2, -0.15) is 0 Å². The van der Waals surface area contributed by atoms with E-state index in [1.165, 1.54) is 22.4 Å². The van der Waals surface area contributed by atoms with Gasteiger partial charge in [-0.05, 0) is 74.4 Å². The second kappa shape index (κ2) is 10.5. The SMILES string of the molecule is Cc1cnc(CNCCCCNCc2ncccc2CC(C)(C)C)c(C)c1. The van der Waals surface area contributed by atoms with Gasteiger partial charge in [-0.15, -0.1) is 0 Å². The summed E-state index contributed by atoms with van der Waals surface area (Å²) in [6.45, 7) is 14.8. The predicted molar refractivity (Wildman–Crippen MR) is 114 cm³/mol. The Morgan fingerprint density at radius 1 is 0.926 bits per heavy atom. The summed E-state index contributed by atoms with van der Waals surface area (Å²) in [5.41, 5.74) is 6.48. The maximum atomic E-state index is 4.58. The summed E-state index contributed by atoms with van der Waals surface area (Å²) in [6, 6.07) is 6.45. The second-order valence-corrected chi connectivity index (χ2v) is 8.68. The summed E-state index contributed by atoms with van der Waals surface area (Å²) in [6.07, 6.45) is 7.23. The van der Waals surface area contributed by atoms with Crippen LogP contribution < -0.4 is 10.6 Å². The summed E-state index contributed by atoms with van der Waals surface area (Å²) in [4.78, 5) is 9.09. The quantitative estimate of drug-likeness (QED) is 0.613. The Morgan fingerprint density at radius 3 is 2.22 bits per heavy atom. The van der Waals surface area contributed by atoms with E-state index in [1.54, 1.807) is 0 Å². The minimum absolute atomic E-state index is 0.286. The third-order valence-electron chi connectivity index (χ3n) is 4.57. The van der Waals surface area contributed by atoms with Gasteiger partial charge in [0.1, 0.15) is 0 Å². The number of hydrogen-bond donors (Lipinski definition) is 2. The molecule has 0 aromatic carbocycles. The van der Waals surface area contributed by atoms with Crippen molar-refractivity contribution in [3.8, 4) is 0 Å². The highest BCUT2D eigenvalue weighted by Crippen LogP contribution is 2.21. The number of aryl methyl sites for hydroxylation is 2. The number of hydrogen-bond acceptors (Lipinski definition) is 4. The largest absolute Gasteiger partial charge is 0.311 e. The normalized spacial score (nSPS) is 11.7. The minimum Gasteiger partial charge on any atom is -0.311 e. The van der Waals surface area contributed by atoms with Crippen molar-refractivity contribution in [1.82, 2.24) is 20.6 Å². The van der Waals surface area contributed by atoms with E-state index in [1.807, 2.05) is 18.5 Å². The molecular weight excluding hydrogens is 332 g/mol. The lowest BCUT2D eigenvalue weighted by Crippen LogP contribution is -2.21. The topological polar surface area (TPSA) is 49.8 Å². The second-order valence-electron chi connectivity index (χ2n) is 8.68. The lowest BCUT2D eigenvalue weighted by Gasteiger charge is -2.20. The molecule has 2 heterocycles. The van der Waals surface area contributed by atoms with E-state index in [-0.39, 0.29) is 5.41 Å². The molecule has 0 aliphatic heterocycles. The van der Waals surface area contributed by atoms with E-state index >= 15 is 0 Å². The van der Waals surface area contributed by atoms with E-state index < -0.39 is 0 Å². The number of unbranched alkanes of at least 4 members (excludes halogenated alkanes) is 1. The Morgan fingerprint density at radius 2 is 1.59 bits per heavy atom. The van der Waals surface area contributed by atoms with Gasteiger partial charge in [-0.3, -0.25) is 9.97 Å². The van der Waals surface area contributed by atoms with Crippen LogP contribution in [0.3, 0.4) is 0 Å². The first-order valence-corrected chi connectivity index (χ1v) is 10.1. The molecule has 0 saturated heterocycles. The van der Waals surface area contributed by atoms with E-state index in [9.17, 15) is 0 Å². The van der Waals surface area contributed by atoms with Crippen LogP contribution in [-0.4, -0.2) is 23.1 Å². The molecule has 0 aliphatic rings. The molecule has 148 valence electrons. The van der Waals surface area contributed by atoms with Crippen molar-refractivity contribution in [1.29, 1.82) is 0 Å². The Hall–Kier alpha value is -1.78. The predicted octanol–water partition coefficient (Wildman–Crippen LogP) is 4.34. The van der Waals surface area contributed by atoms with Gasteiger partial charge in [0, 0.05) is 25.5 Å². The van der Waals surface area contributed by atoms with Crippen LogP contribution in [0.25, 0.3) is 0 Å². The van der Waals surface area contributed by atoms with Crippen LogP contribution in [0.15, 0.2) is 30.6 Å². The monoisotopic (exact) mass is 368 g/mol. The third-order valence-corrected chi connectivity index (χ3v) is 4.57. The molecule has 0 bridgehead atoms. The first-order chi connectivity index (χ1) is 12.8. The highest BCUT2D eigenvalue weighted by atomic mass is 14.9. The third kappa shape index (κ3) is 8.19. The molecular formula is C23H36N4. The number of aromatic nitrogens is 2. The molecule has 0 fully saturated rings. The van der Waals surface area contributed by atoms with Crippen molar-refractivity contribution in [2.45, 2.75) is 67.0 Å². The van der Waals surface area contributed by atoms with Crippen molar-refractivity contribution in [3.63, 3.8) is 0 Å². The lowest BCUT2D eigenvalue weighted by molar-refractivity contribution is 0.408. The number of nitrogens with zero attached hydrogens (tertiary/aromatic N) is 2. The molecule has 0 aliphatic carbocycles. The molecule has 0 radical (unpaired) electrons. The average Bonchev–Trinajstić information content (AvgIpc) is 2.59. The fraction of sp³-hybridized carbons (Fsp3) is 0.565. The van der Waals surface area contributed by atoms with Gasteiger partial charge in [0.15, 0.2) is 0 Å².